The SMILES string of the molecule is COc1cc2nc(Cl)nc(Cl)c2cc1OC.COc1cc2nc(Cl)nc(NCCc3ccccn3)c2cc1OC.NCCc1ccccn1. The molecule has 4 heterocycles. The van der Waals surface area contributed by atoms with Gasteiger partial charge in [-0.3, -0.25) is 9.97 Å². The van der Waals surface area contributed by atoms with Gasteiger partial charge >= 0.3 is 0 Å². The molecule has 0 amide bonds. The second-order valence-corrected chi connectivity index (χ2v) is 11.0. The number of halogens is 3. The molecule has 6 rings (SSSR count). The summed E-state index contributed by atoms with van der Waals surface area (Å²) in [7, 11) is 6.27. The zero-order chi connectivity index (χ0) is 35.2. The average molecular weight is 726 g/mol. The molecule has 12 nitrogen and oxygen atoms in total. The van der Waals surface area contributed by atoms with Crippen LogP contribution in [0.3, 0.4) is 0 Å². The Morgan fingerprint density at radius 2 is 1.10 bits per heavy atom. The summed E-state index contributed by atoms with van der Waals surface area (Å²) >= 11 is 17.7. The molecule has 3 N–H and O–H groups in total. The van der Waals surface area contributed by atoms with E-state index in [-0.39, 0.29) is 15.7 Å². The predicted octanol–water partition coefficient (Wildman–Crippen LogP) is 6.89. The number of benzene rings is 2. The molecule has 0 fully saturated rings. The molecule has 0 spiro atoms. The van der Waals surface area contributed by atoms with Crippen LogP contribution in [-0.2, 0) is 12.8 Å². The first-order valence-electron chi connectivity index (χ1n) is 14.9. The molecular weight excluding hydrogens is 691 g/mol. The van der Waals surface area contributed by atoms with E-state index in [4.69, 9.17) is 59.5 Å². The number of nitrogens with zero attached hydrogens (tertiary/aromatic N) is 6. The van der Waals surface area contributed by atoms with Gasteiger partial charge in [-0.15, -0.1) is 0 Å². The Bertz CT molecular complexity index is 1960. The first kappa shape index (κ1) is 37.1. The van der Waals surface area contributed by atoms with Gasteiger partial charge in [-0.05, 0) is 66.1 Å². The van der Waals surface area contributed by atoms with Crippen LogP contribution in [0.15, 0.2) is 73.1 Å². The van der Waals surface area contributed by atoms with Crippen LogP contribution in [0.4, 0.5) is 5.82 Å². The maximum atomic E-state index is 6.04. The van der Waals surface area contributed by atoms with Crippen molar-refractivity contribution in [2.75, 3.05) is 46.8 Å². The van der Waals surface area contributed by atoms with Crippen molar-refractivity contribution in [1.29, 1.82) is 0 Å². The number of methoxy groups -OCH3 is 4. The van der Waals surface area contributed by atoms with Crippen molar-refractivity contribution in [3.8, 4) is 23.0 Å². The van der Waals surface area contributed by atoms with Crippen LogP contribution < -0.4 is 30.0 Å². The van der Waals surface area contributed by atoms with Gasteiger partial charge in [0.15, 0.2) is 23.0 Å². The van der Waals surface area contributed by atoms with Crippen LogP contribution in [0, 0.1) is 0 Å². The van der Waals surface area contributed by atoms with E-state index in [9.17, 15) is 0 Å². The quantitative estimate of drug-likeness (QED) is 0.112. The van der Waals surface area contributed by atoms with Gasteiger partial charge < -0.3 is 30.0 Å². The lowest BCUT2D eigenvalue weighted by molar-refractivity contribution is 0.356. The predicted molar refractivity (Wildman–Crippen MR) is 194 cm³/mol. The summed E-state index contributed by atoms with van der Waals surface area (Å²) in [5, 5.41) is 5.35. The molecule has 0 bridgehead atoms. The number of nitrogens with two attached hydrogens (primary N) is 1. The van der Waals surface area contributed by atoms with Crippen LogP contribution in [0.25, 0.3) is 21.8 Å². The van der Waals surface area contributed by atoms with Crippen LogP contribution in [0.5, 0.6) is 23.0 Å². The van der Waals surface area contributed by atoms with Crippen molar-refractivity contribution < 1.29 is 18.9 Å². The number of nitrogens with one attached hydrogen (secondary N) is 1. The summed E-state index contributed by atoms with van der Waals surface area (Å²) in [4.78, 5) is 24.8. The first-order chi connectivity index (χ1) is 23.8. The molecule has 0 unspecified atom stereocenters. The Balaban J connectivity index is 0.000000185. The van der Waals surface area contributed by atoms with Crippen LogP contribution in [0.1, 0.15) is 11.4 Å². The minimum absolute atomic E-state index is 0.102. The van der Waals surface area contributed by atoms with Crippen molar-refractivity contribution in [2.24, 2.45) is 5.73 Å². The molecule has 0 aliphatic carbocycles. The normalized spacial score (nSPS) is 10.4. The number of pyridine rings is 2. The fraction of sp³-hybridized carbons (Fsp3) is 0.235. The van der Waals surface area contributed by atoms with Crippen molar-refractivity contribution >= 4 is 62.4 Å². The Morgan fingerprint density at radius 3 is 1.61 bits per heavy atom. The first-order valence-corrected chi connectivity index (χ1v) is 16.0. The third-order valence-electron chi connectivity index (χ3n) is 6.83. The van der Waals surface area contributed by atoms with E-state index in [1.54, 1.807) is 59.0 Å². The van der Waals surface area contributed by atoms with Gasteiger partial charge in [-0.2, -0.15) is 0 Å². The van der Waals surface area contributed by atoms with Gasteiger partial charge in [0.1, 0.15) is 11.0 Å². The van der Waals surface area contributed by atoms with Crippen LogP contribution in [-0.4, -0.2) is 71.4 Å². The molecule has 49 heavy (non-hydrogen) atoms. The zero-order valence-electron chi connectivity index (χ0n) is 27.3. The highest BCUT2D eigenvalue weighted by atomic mass is 35.5. The smallest absolute Gasteiger partial charge is 0.224 e. The van der Waals surface area contributed by atoms with E-state index >= 15 is 0 Å². The molecule has 4 aromatic heterocycles. The largest absolute Gasteiger partial charge is 0.493 e. The van der Waals surface area contributed by atoms with Crippen LogP contribution in [0.2, 0.25) is 15.7 Å². The summed E-state index contributed by atoms with van der Waals surface area (Å²) in [5.74, 6) is 3.01. The Hall–Kier alpha value is -4.75. The fourth-order valence-electron chi connectivity index (χ4n) is 4.50. The number of aromatic nitrogens is 6. The minimum atomic E-state index is 0.102. The molecule has 6 aromatic rings. The summed E-state index contributed by atoms with van der Waals surface area (Å²) in [5.41, 5.74) is 8.70. The molecular formula is C34H35Cl3N8O4. The highest BCUT2D eigenvalue weighted by Crippen LogP contribution is 2.35. The molecule has 15 heteroatoms. The van der Waals surface area contributed by atoms with E-state index < -0.39 is 0 Å². The van der Waals surface area contributed by atoms with E-state index in [2.05, 4.69) is 35.2 Å². The molecule has 0 aliphatic rings. The maximum absolute atomic E-state index is 6.04. The number of anilines is 1. The molecule has 2 aromatic carbocycles. The lowest BCUT2D eigenvalue weighted by atomic mass is 10.2. The lowest BCUT2D eigenvalue weighted by Gasteiger charge is -2.12. The topological polar surface area (TPSA) is 152 Å². The van der Waals surface area contributed by atoms with Crippen molar-refractivity contribution in [3.63, 3.8) is 0 Å². The number of ether oxygens (including phenoxy) is 4. The van der Waals surface area contributed by atoms with Crippen molar-refractivity contribution in [1.82, 2.24) is 29.9 Å². The average Bonchev–Trinajstić information content (AvgIpc) is 3.12. The van der Waals surface area contributed by atoms with E-state index in [0.29, 0.717) is 58.3 Å². The van der Waals surface area contributed by atoms with Crippen molar-refractivity contribution in [2.45, 2.75) is 12.8 Å². The lowest BCUT2D eigenvalue weighted by Crippen LogP contribution is -2.08. The Morgan fingerprint density at radius 1 is 0.612 bits per heavy atom. The second kappa shape index (κ2) is 18.7. The number of hydrogen-bond donors (Lipinski definition) is 2. The highest BCUT2D eigenvalue weighted by molar-refractivity contribution is 6.35. The second-order valence-electron chi connectivity index (χ2n) is 9.93. The third-order valence-corrected chi connectivity index (χ3v) is 7.45. The molecule has 0 atom stereocenters. The minimum Gasteiger partial charge on any atom is -0.493 e. The van der Waals surface area contributed by atoms with Gasteiger partial charge in [0.25, 0.3) is 0 Å². The third kappa shape index (κ3) is 10.4. The van der Waals surface area contributed by atoms with E-state index in [0.717, 1.165) is 29.6 Å². The Kier molecular flexibility index (Phi) is 14.2. The fourth-order valence-corrected chi connectivity index (χ4v) is 5.13. The molecule has 256 valence electrons. The molecule has 0 aliphatic heterocycles. The summed E-state index contributed by atoms with van der Waals surface area (Å²) in [6.45, 7) is 1.35. The number of hydrogen-bond acceptors (Lipinski definition) is 12. The van der Waals surface area contributed by atoms with E-state index in [1.165, 1.54) is 0 Å². The summed E-state index contributed by atoms with van der Waals surface area (Å²) < 4.78 is 21.0. The zero-order valence-corrected chi connectivity index (χ0v) is 29.6. The van der Waals surface area contributed by atoms with Gasteiger partial charge in [-0.25, -0.2) is 19.9 Å². The van der Waals surface area contributed by atoms with Crippen LogP contribution >= 0.6 is 34.8 Å². The molecule has 0 saturated heterocycles. The summed E-state index contributed by atoms with van der Waals surface area (Å²) in [6, 6.07) is 18.7. The molecule has 0 radical (unpaired) electrons. The van der Waals surface area contributed by atoms with Crippen molar-refractivity contribution in [3.05, 3.63) is 100 Å². The van der Waals surface area contributed by atoms with Gasteiger partial charge in [-0.1, -0.05) is 23.7 Å². The number of fused-ring (bicyclic) bond motifs is 2. The standard InChI is InChI=1S/C17H17ClN4O2.C10H8Cl2N2O2.C7H10N2/c1-23-14-9-12-13(10-15(14)24-2)21-17(18)22-16(12)20-8-6-11-5-3-4-7-19-11;1-15-7-3-5-6(4-8(7)16-2)13-10(12)14-9(5)11;8-5-4-7-3-1-2-6-9-7/h3-5,7,9-10H,6,8H2,1-2H3,(H,20,21,22);3-4H,1-2H3;1-3,6H,4-5,8H2. The maximum Gasteiger partial charge on any atom is 0.224 e. The van der Waals surface area contributed by atoms with Gasteiger partial charge in [0.2, 0.25) is 10.6 Å². The number of rotatable bonds is 10. The monoisotopic (exact) mass is 724 g/mol. The van der Waals surface area contributed by atoms with Gasteiger partial charge in [0, 0.05) is 66.1 Å². The molecule has 0 saturated carbocycles. The Labute approximate surface area is 298 Å². The van der Waals surface area contributed by atoms with E-state index in [1.807, 2.05) is 42.5 Å². The summed E-state index contributed by atoms with van der Waals surface area (Å²) in [6.07, 6.45) is 5.21. The van der Waals surface area contributed by atoms with Gasteiger partial charge in [0.05, 0.1) is 39.5 Å². The highest BCUT2D eigenvalue weighted by Gasteiger charge is 2.13.